The van der Waals surface area contributed by atoms with Gasteiger partial charge in [-0.2, -0.15) is 65.9 Å². The van der Waals surface area contributed by atoms with Gasteiger partial charge in [-0.1, -0.05) is 12.1 Å². The molecule has 1 aliphatic heterocycles. The van der Waals surface area contributed by atoms with Gasteiger partial charge < -0.3 is 5.43 Å². The van der Waals surface area contributed by atoms with Crippen molar-refractivity contribution in [1.82, 2.24) is 5.53 Å². The number of carbonyl (C=O) groups excluding carboxylic acids is 1. The number of carbonyl (C=O) groups is 1. The maximum Gasteiger partial charge on any atom is 0.460 e. The Morgan fingerprint density at radius 2 is 1.06 bits per heavy atom. The van der Waals surface area contributed by atoms with E-state index in [0.29, 0.717) is 0 Å². The topological polar surface area (TPSA) is 44.4 Å². The number of para-hydroxylation sites is 2. The summed E-state index contributed by atoms with van der Waals surface area (Å²) in [5.41, 5.74) is 2.19. The molecule has 0 radical (unpaired) electrons. The number of alkyl halides is 15. The number of amides is 1. The van der Waals surface area contributed by atoms with Gasteiger partial charge in [-0.3, -0.25) is 4.79 Å². The van der Waals surface area contributed by atoms with E-state index in [9.17, 15) is 70.7 Å². The predicted molar refractivity (Wildman–Crippen MR) is 76.4 cm³/mol. The number of hydrazine groups is 2. The van der Waals surface area contributed by atoms with E-state index >= 15 is 0 Å². The molecule has 0 fully saturated rings. The number of rotatable bonds is 6. The second kappa shape index (κ2) is 7.20. The SMILES string of the molecule is O=C(N1NNc2ccccc21)C(F)(F)C(F)(F)C(F)(F)C(F)(F)C(F)(F)C(F)(F)C(F)(F)F. The second-order valence-electron chi connectivity index (χ2n) is 6.34. The van der Waals surface area contributed by atoms with E-state index in [4.69, 9.17) is 0 Å². The molecule has 0 saturated carbocycles. The van der Waals surface area contributed by atoms with Crippen LogP contribution in [-0.4, -0.2) is 47.6 Å². The first-order valence-corrected chi connectivity index (χ1v) is 7.79. The first-order chi connectivity index (χ1) is 14.5. The Morgan fingerprint density at radius 3 is 1.55 bits per heavy atom. The summed E-state index contributed by atoms with van der Waals surface area (Å²) >= 11 is 0. The summed E-state index contributed by atoms with van der Waals surface area (Å²) in [6, 6.07) is 3.87. The molecule has 0 aliphatic carbocycles. The molecular formula is C14H6F15N3O. The quantitative estimate of drug-likeness (QED) is 0.508. The molecule has 0 unspecified atom stereocenters. The van der Waals surface area contributed by atoms with Gasteiger partial charge in [0.15, 0.2) is 0 Å². The number of anilines is 2. The molecule has 0 bridgehead atoms. The molecule has 0 saturated heterocycles. The van der Waals surface area contributed by atoms with Crippen molar-refractivity contribution in [3.05, 3.63) is 24.3 Å². The molecule has 4 nitrogen and oxygen atoms in total. The molecule has 2 rings (SSSR count). The summed E-state index contributed by atoms with van der Waals surface area (Å²) in [5, 5.41) is -0.639. The first kappa shape index (κ1) is 26.7. The van der Waals surface area contributed by atoms with Crippen molar-refractivity contribution < 1.29 is 70.7 Å². The van der Waals surface area contributed by atoms with Crippen molar-refractivity contribution in [2.75, 3.05) is 10.4 Å². The minimum atomic E-state index is -8.46. The van der Waals surface area contributed by atoms with E-state index in [-0.39, 0.29) is 5.69 Å². The van der Waals surface area contributed by atoms with E-state index < -0.39 is 58.3 Å². The Kier molecular flexibility index (Phi) is 5.81. The van der Waals surface area contributed by atoms with Gasteiger partial charge in [0.25, 0.3) is 0 Å². The number of nitrogens with one attached hydrogen (secondary N) is 2. The van der Waals surface area contributed by atoms with Crippen LogP contribution in [0.2, 0.25) is 0 Å². The Balaban J connectivity index is 2.55. The Morgan fingerprint density at radius 1 is 0.636 bits per heavy atom. The molecule has 1 aromatic carbocycles. The Bertz CT molecular complexity index is 927. The lowest BCUT2D eigenvalue weighted by atomic mass is 9.90. The van der Waals surface area contributed by atoms with Gasteiger partial charge in [0.2, 0.25) is 0 Å². The fourth-order valence-corrected chi connectivity index (χ4v) is 2.35. The lowest BCUT2D eigenvalue weighted by Gasteiger charge is -2.41. The first-order valence-electron chi connectivity index (χ1n) is 7.79. The van der Waals surface area contributed by atoms with Crippen LogP contribution >= 0.6 is 0 Å². The maximum absolute atomic E-state index is 14.0. The predicted octanol–water partition coefficient (Wildman–Crippen LogP) is 5.24. The van der Waals surface area contributed by atoms with Crippen LogP contribution in [0.25, 0.3) is 0 Å². The van der Waals surface area contributed by atoms with E-state index in [1.54, 1.807) is 0 Å². The van der Waals surface area contributed by atoms with Crippen molar-refractivity contribution in [3.63, 3.8) is 0 Å². The monoisotopic (exact) mass is 517 g/mol. The van der Waals surface area contributed by atoms with Crippen LogP contribution in [0.3, 0.4) is 0 Å². The lowest BCUT2D eigenvalue weighted by Crippen LogP contribution is -2.74. The van der Waals surface area contributed by atoms with Gasteiger partial charge >= 0.3 is 47.6 Å². The fraction of sp³-hybridized carbons (Fsp3) is 0.500. The van der Waals surface area contributed by atoms with Crippen LogP contribution in [0.1, 0.15) is 0 Å². The zero-order valence-electron chi connectivity index (χ0n) is 14.8. The molecule has 1 aliphatic rings. The normalized spacial score (nSPS) is 16.5. The Labute approximate surface area is 171 Å². The highest BCUT2D eigenvalue weighted by molar-refractivity contribution is 6.02. The number of halogens is 15. The molecule has 0 spiro atoms. The van der Waals surface area contributed by atoms with Gasteiger partial charge in [-0.15, -0.1) is 5.53 Å². The van der Waals surface area contributed by atoms with E-state index in [1.807, 2.05) is 5.43 Å². The summed E-state index contributed by atoms with van der Waals surface area (Å²) < 4.78 is 198. The number of benzene rings is 1. The molecule has 1 aromatic rings. The minimum Gasteiger partial charge on any atom is -0.301 e. The highest BCUT2D eigenvalue weighted by atomic mass is 19.4. The molecule has 1 heterocycles. The number of fused-ring (bicyclic) bond motifs is 1. The summed E-state index contributed by atoms with van der Waals surface area (Å²) in [6.07, 6.45) is -7.70. The van der Waals surface area contributed by atoms with Crippen molar-refractivity contribution in [1.29, 1.82) is 0 Å². The van der Waals surface area contributed by atoms with E-state index in [2.05, 4.69) is 0 Å². The van der Waals surface area contributed by atoms with Crippen LogP contribution in [0.4, 0.5) is 77.2 Å². The lowest BCUT2D eigenvalue weighted by molar-refractivity contribution is -0.449. The molecule has 0 atom stereocenters. The highest BCUT2D eigenvalue weighted by Gasteiger charge is 2.94. The number of hydrogen-bond donors (Lipinski definition) is 2. The van der Waals surface area contributed by atoms with E-state index in [0.717, 1.165) is 18.2 Å². The third kappa shape index (κ3) is 3.33. The van der Waals surface area contributed by atoms with Crippen LogP contribution in [0.5, 0.6) is 0 Å². The fourth-order valence-electron chi connectivity index (χ4n) is 2.35. The smallest absolute Gasteiger partial charge is 0.301 e. The van der Waals surface area contributed by atoms with Crippen LogP contribution in [-0.2, 0) is 4.79 Å². The van der Waals surface area contributed by atoms with E-state index in [1.165, 1.54) is 11.6 Å². The molecule has 0 aromatic heterocycles. The van der Waals surface area contributed by atoms with Gasteiger partial charge in [0.1, 0.15) is 0 Å². The van der Waals surface area contributed by atoms with Gasteiger partial charge in [0.05, 0.1) is 11.4 Å². The summed E-state index contributed by atoms with van der Waals surface area (Å²) in [7, 11) is 0. The average molecular weight is 517 g/mol. The molecule has 188 valence electrons. The second-order valence-corrected chi connectivity index (χ2v) is 6.34. The zero-order valence-corrected chi connectivity index (χ0v) is 14.8. The maximum atomic E-state index is 14.0. The standard InChI is InChI=1S/C14H6F15N3O/c15-8(16,7(33)32-6-4-2-1-3-5(6)30-31-32)9(17,18)10(19,20)11(21,22)12(23,24)13(25,26)14(27,28)29/h1-4,30-31H. The van der Waals surface area contributed by atoms with Crippen molar-refractivity contribution in [2.24, 2.45) is 0 Å². The van der Waals surface area contributed by atoms with Crippen molar-refractivity contribution >= 4 is 17.3 Å². The van der Waals surface area contributed by atoms with Crippen molar-refractivity contribution in [3.8, 4) is 0 Å². The molecular weight excluding hydrogens is 511 g/mol. The Hall–Kier alpha value is -2.60. The molecule has 1 amide bonds. The average Bonchev–Trinajstić information content (AvgIpc) is 3.09. The van der Waals surface area contributed by atoms with Gasteiger partial charge in [-0.25, -0.2) is 5.01 Å². The summed E-state index contributed by atoms with van der Waals surface area (Å²) in [4.78, 5) is 11.8. The molecule has 2 N–H and O–H groups in total. The van der Waals surface area contributed by atoms with Gasteiger partial charge in [-0.05, 0) is 12.1 Å². The summed E-state index contributed by atoms with van der Waals surface area (Å²) in [5.74, 6) is -51.7. The molecule has 33 heavy (non-hydrogen) atoms. The summed E-state index contributed by atoms with van der Waals surface area (Å²) in [6.45, 7) is 0. The van der Waals surface area contributed by atoms with Gasteiger partial charge in [0, 0.05) is 0 Å². The highest BCUT2D eigenvalue weighted by Crippen LogP contribution is 2.62. The minimum absolute atomic E-state index is 0.335. The third-order valence-electron chi connectivity index (χ3n) is 4.25. The van der Waals surface area contributed by atoms with Crippen LogP contribution in [0.15, 0.2) is 24.3 Å². The van der Waals surface area contributed by atoms with Crippen LogP contribution in [0, 0.1) is 0 Å². The number of nitrogens with zero attached hydrogens (tertiary/aromatic N) is 1. The van der Waals surface area contributed by atoms with Crippen LogP contribution < -0.4 is 16.0 Å². The largest absolute Gasteiger partial charge is 0.460 e. The van der Waals surface area contributed by atoms with Crippen molar-refractivity contribution in [2.45, 2.75) is 41.7 Å². The zero-order chi connectivity index (χ0) is 26.1. The number of hydrogen-bond acceptors (Lipinski definition) is 3. The molecule has 19 heteroatoms. The third-order valence-corrected chi connectivity index (χ3v) is 4.25.